The zero-order chi connectivity index (χ0) is 14.0. The zero-order valence-electron chi connectivity index (χ0n) is 10.7. The summed E-state index contributed by atoms with van der Waals surface area (Å²) in [5.41, 5.74) is 0.971. The van der Waals surface area contributed by atoms with E-state index in [2.05, 4.69) is 12.6 Å². The van der Waals surface area contributed by atoms with E-state index in [9.17, 15) is 14.7 Å². The number of carbonyl (C=O) groups is 2. The fourth-order valence-electron chi connectivity index (χ4n) is 2.36. The number of hydrogen-bond donors (Lipinski definition) is 2. The van der Waals surface area contributed by atoms with Gasteiger partial charge in [0.1, 0.15) is 5.76 Å². The molecule has 1 fully saturated rings. The minimum absolute atomic E-state index is 0.00423. The molecule has 1 aliphatic rings. The summed E-state index contributed by atoms with van der Waals surface area (Å²) in [6, 6.07) is 7.48. The number of rotatable bonds is 2. The maximum absolute atomic E-state index is 12.0. The predicted molar refractivity (Wildman–Crippen MR) is 75.6 cm³/mol. The van der Waals surface area contributed by atoms with Gasteiger partial charge in [-0.05, 0) is 23.6 Å². The number of allylic oxidation sites excluding steroid dienone is 2. The molecule has 0 heterocycles. The molecule has 0 unspecified atom stereocenters. The second-order valence-electron chi connectivity index (χ2n) is 4.72. The van der Waals surface area contributed by atoms with Crippen LogP contribution < -0.4 is 0 Å². The molecule has 0 atom stereocenters. The molecule has 0 radical (unpaired) electrons. The first-order valence-electron chi connectivity index (χ1n) is 6.30. The molecule has 0 spiro atoms. The van der Waals surface area contributed by atoms with Crippen molar-refractivity contribution in [3.8, 4) is 0 Å². The van der Waals surface area contributed by atoms with Crippen molar-refractivity contribution in [2.75, 3.05) is 0 Å². The van der Waals surface area contributed by atoms with Gasteiger partial charge in [0.2, 0.25) is 0 Å². The van der Waals surface area contributed by atoms with Crippen LogP contribution in [0.3, 0.4) is 0 Å². The van der Waals surface area contributed by atoms with E-state index in [0.29, 0.717) is 6.42 Å². The normalized spacial score (nSPS) is 19.7. The molecule has 1 aliphatic carbocycles. The van der Waals surface area contributed by atoms with E-state index in [1.54, 1.807) is 6.92 Å². The number of hydrogen-bond acceptors (Lipinski definition) is 4. The van der Waals surface area contributed by atoms with Crippen LogP contribution in [0.1, 0.15) is 37.7 Å². The molecule has 3 nitrogen and oxygen atoms in total. The lowest BCUT2D eigenvalue weighted by atomic mass is 9.79. The summed E-state index contributed by atoms with van der Waals surface area (Å²) < 4.78 is 0. The standard InChI is InChI=1S/C15H16O3S/c1-2-12(16)15-13(17)7-10(8-14(15)18)9-3-5-11(19)6-4-9/h3-6,10,16,19H,2,7-8H2,1H3. The highest BCUT2D eigenvalue weighted by atomic mass is 32.1. The van der Waals surface area contributed by atoms with Gasteiger partial charge < -0.3 is 5.11 Å². The monoisotopic (exact) mass is 276 g/mol. The van der Waals surface area contributed by atoms with Crippen molar-refractivity contribution in [2.24, 2.45) is 0 Å². The van der Waals surface area contributed by atoms with Gasteiger partial charge in [0.25, 0.3) is 0 Å². The third kappa shape index (κ3) is 2.89. The molecule has 0 aliphatic heterocycles. The topological polar surface area (TPSA) is 54.4 Å². The van der Waals surface area contributed by atoms with Crippen molar-refractivity contribution in [1.82, 2.24) is 0 Å². The number of ketones is 2. The lowest BCUT2D eigenvalue weighted by Gasteiger charge is -2.23. The lowest BCUT2D eigenvalue weighted by molar-refractivity contribution is -0.124. The van der Waals surface area contributed by atoms with Crippen molar-refractivity contribution < 1.29 is 14.7 Å². The van der Waals surface area contributed by atoms with Crippen LogP contribution in [0.25, 0.3) is 0 Å². The molecule has 2 rings (SSSR count). The maximum atomic E-state index is 12.0. The van der Waals surface area contributed by atoms with E-state index in [4.69, 9.17) is 0 Å². The Morgan fingerprint density at radius 3 is 2.21 bits per heavy atom. The van der Waals surface area contributed by atoms with Crippen LogP contribution in [0.4, 0.5) is 0 Å². The minimum atomic E-state index is -0.254. The first-order chi connectivity index (χ1) is 9.02. The largest absolute Gasteiger partial charge is 0.511 e. The van der Waals surface area contributed by atoms with Crippen LogP contribution >= 0.6 is 12.6 Å². The average Bonchev–Trinajstić information content (AvgIpc) is 2.38. The van der Waals surface area contributed by atoms with Crippen LogP contribution in [0, 0.1) is 0 Å². The number of carbonyl (C=O) groups excluding carboxylic acids is 2. The average molecular weight is 276 g/mol. The number of aliphatic hydroxyl groups excluding tert-OH is 1. The van der Waals surface area contributed by atoms with Crippen LogP contribution in [0.2, 0.25) is 0 Å². The summed E-state index contributed by atoms with van der Waals surface area (Å²) in [4.78, 5) is 24.9. The molecule has 1 aromatic rings. The Morgan fingerprint density at radius 1 is 1.21 bits per heavy atom. The smallest absolute Gasteiger partial charge is 0.170 e. The second kappa shape index (κ2) is 5.61. The molecule has 1 aromatic carbocycles. The second-order valence-corrected chi connectivity index (χ2v) is 5.23. The maximum Gasteiger partial charge on any atom is 0.170 e. The lowest BCUT2D eigenvalue weighted by Crippen LogP contribution is -2.26. The van der Waals surface area contributed by atoms with E-state index in [-0.39, 0.29) is 41.7 Å². The highest BCUT2D eigenvalue weighted by molar-refractivity contribution is 7.80. The van der Waals surface area contributed by atoms with E-state index in [0.717, 1.165) is 10.5 Å². The van der Waals surface area contributed by atoms with Gasteiger partial charge in [-0.3, -0.25) is 9.59 Å². The number of aliphatic hydroxyl groups is 1. The summed E-state index contributed by atoms with van der Waals surface area (Å²) in [5, 5.41) is 9.64. The van der Waals surface area contributed by atoms with E-state index in [1.807, 2.05) is 24.3 Å². The van der Waals surface area contributed by atoms with Gasteiger partial charge in [0.15, 0.2) is 11.6 Å². The Bertz CT molecular complexity index is 523. The number of thiol groups is 1. The summed E-state index contributed by atoms with van der Waals surface area (Å²) >= 11 is 4.21. The highest BCUT2D eigenvalue weighted by Gasteiger charge is 2.33. The molecule has 0 aromatic heterocycles. The summed E-state index contributed by atoms with van der Waals surface area (Å²) in [6.45, 7) is 1.72. The van der Waals surface area contributed by atoms with E-state index in [1.165, 1.54) is 0 Å². The molecule has 0 bridgehead atoms. The molecule has 19 heavy (non-hydrogen) atoms. The van der Waals surface area contributed by atoms with Crippen molar-refractivity contribution in [3.05, 3.63) is 41.2 Å². The van der Waals surface area contributed by atoms with Crippen LogP contribution in [0.15, 0.2) is 40.5 Å². The summed E-state index contributed by atoms with van der Waals surface area (Å²) in [6.07, 6.45) is 0.861. The Kier molecular flexibility index (Phi) is 4.10. The van der Waals surface area contributed by atoms with Gasteiger partial charge in [-0.15, -0.1) is 12.6 Å². The van der Waals surface area contributed by atoms with Crippen LogP contribution in [0.5, 0.6) is 0 Å². The Balaban J connectivity index is 2.25. The van der Waals surface area contributed by atoms with Crippen molar-refractivity contribution >= 4 is 24.2 Å². The molecular weight excluding hydrogens is 260 g/mol. The molecule has 1 saturated carbocycles. The van der Waals surface area contributed by atoms with Crippen molar-refractivity contribution in [1.29, 1.82) is 0 Å². The van der Waals surface area contributed by atoms with Gasteiger partial charge in [0, 0.05) is 24.2 Å². The fraction of sp³-hybridized carbons (Fsp3) is 0.333. The van der Waals surface area contributed by atoms with E-state index < -0.39 is 0 Å². The van der Waals surface area contributed by atoms with Gasteiger partial charge in [-0.1, -0.05) is 19.1 Å². The Morgan fingerprint density at radius 2 is 1.74 bits per heavy atom. The first kappa shape index (κ1) is 13.9. The highest BCUT2D eigenvalue weighted by Crippen LogP contribution is 2.33. The van der Waals surface area contributed by atoms with E-state index >= 15 is 0 Å². The molecule has 4 heteroatoms. The summed E-state index contributed by atoms with van der Waals surface area (Å²) in [7, 11) is 0. The SMILES string of the molecule is CCC(O)=C1C(=O)CC(c2ccc(S)cc2)CC1=O. The van der Waals surface area contributed by atoms with Crippen LogP contribution in [-0.4, -0.2) is 16.7 Å². The van der Waals surface area contributed by atoms with Gasteiger partial charge >= 0.3 is 0 Å². The van der Waals surface area contributed by atoms with Crippen molar-refractivity contribution in [2.45, 2.75) is 37.0 Å². The van der Waals surface area contributed by atoms with Crippen molar-refractivity contribution in [3.63, 3.8) is 0 Å². The molecule has 0 amide bonds. The predicted octanol–water partition coefficient (Wildman–Crippen LogP) is 3.21. The summed E-state index contributed by atoms with van der Waals surface area (Å²) in [5.74, 6) is -0.687. The molecular formula is C15H16O3S. The van der Waals surface area contributed by atoms with Gasteiger partial charge in [-0.25, -0.2) is 0 Å². The van der Waals surface area contributed by atoms with Gasteiger partial charge in [0.05, 0.1) is 5.57 Å². The molecule has 1 N–H and O–H groups in total. The third-order valence-corrected chi connectivity index (χ3v) is 3.71. The zero-order valence-corrected chi connectivity index (χ0v) is 11.6. The quantitative estimate of drug-likeness (QED) is 0.377. The number of benzene rings is 1. The number of Topliss-reactive ketones (excluding diaryl/α,β-unsaturated/α-hetero) is 2. The Labute approximate surface area is 117 Å². The first-order valence-corrected chi connectivity index (χ1v) is 6.75. The third-order valence-electron chi connectivity index (χ3n) is 3.41. The molecule has 0 saturated heterocycles. The van der Waals surface area contributed by atoms with Crippen LogP contribution in [-0.2, 0) is 9.59 Å². The van der Waals surface area contributed by atoms with Gasteiger partial charge in [-0.2, -0.15) is 0 Å². The Hall–Kier alpha value is -1.55. The fourth-order valence-corrected chi connectivity index (χ4v) is 2.51. The minimum Gasteiger partial charge on any atom is -0.511 e. The molecule has 100 valence electrons.